The molecule has 0 spiro atoms. The van der Waals surface area contributed by atoms with Crippen molar-refractivity contribution in [1.29, 1.82) is 0 Å². The molecule has 29 heavy (non-hydrogen) atoms. The maximum absolute atomic E-state index is 12.9. The number of para-hydroxylation sites is 1. The van der Waals surface area contributed by atoms with Gasteiger partial charge in [-0.15, -0.1) is 11.8 Å². The van der Waals surface area contributed by atoms with Gasteiger partial charge in [0.2, 0.25) is 11.8 Å². The van der Waals surface area contributed by atoms with Gasteiger partial charge in [0.15, 0.2) is 0 Å². The third-order valence-electron chi connectivity index (χ3n) is 5.63. The van der Waals surface area contributed by atoms with Crippen molar-refractivity contribution in [3.63, 3.8) is 0 Å². The Morgan fingerprint density at radius 1 is 1.07 bits per heavy atom. The lowest BCUT2D eigenvalue weighted by Crippen LogP contribution is -2.46. The SMILES string of the molecule is O=C(NCC1(Sc2ccccc2)CCOCC1)C1CC(=O)N(c2ccccc2)C1. The molecular weight excluding hydrogens is 384 g/mol. The molecule has 0 radical (unpaired) electrons. The van der Waals surface area contributed by atoms with Crippen LogP contribution in [0.25, 0.3) is 0 Å². The number of nitrogens with one attached hydrogen (secondary N) is 1. The molecule has 2 saturated heterocycles. The van der Waals surface area contributed by atoms with Crippen LogP contribution in [-0.4, -0.2) is 42.9 Å². The lowest BCUT2D eigenvalue weighted by Gasteiger charge is -2.37. The van der Waals surface area contributed by atoms with E-state index in [4.69, 9.17) is 4.74 Å². The number of carbonyl (C=O) groups is 2. The van der Waals surface area contributed by atoms with Crippen molar-refractivity contribution < 1.29 is 14.3 Å². The van der Waals surface area contributed by atoms with Crippen molar-refractivity contribution in [2.75, 3.05) is 31.2 Å². The van der Waals surface area contributed by atoms with Crippen LogP contribution in [0.15, 0.2) is 65.6 Å². The van der Waals surface area contributed by atoms with Gasteiger partial charge in [0.1, 0.15) is 0 Å². The van der Waals surface area contributed by atoms with Crippen LogP contribution < -0.4 is 10.2 Å². The highest BCUT2D eigenvalue weighted by atomic mass is 32.2. The van der Waals surface area contributed by atoms with Gasteiger partial charge in [-0.2, -0.15) is 0 Å². The first-order valence-electron chi connectivity index (χ1n) is 10.1. The molecule has 6 heteroatoms. The molecule has 1 atom stereocenters. The van der Waals surface area contributed by atoms with Gasteiger partial charge < -0.3 is 15.0 Å². The van der Waals surface area contributed by atoms with Crippen LogP contribution >= 0.6 is 11.8 Å². The molecule has 0 saturated carbocycles. The molecule has 2 aliphatic heterocycles. The Morgan fingerprint density at radius 2 is 1.72 bits per heavy atom. The fourth-order valence-corrected chi connectivity index (χ4v) is 5.24. The van der Waals surface area contributed by atoms with Crippen LogP contribution in [0.4, 0.5) is 5.69 Å². The molecule has 0 bridgehead atoms. The van der Waals surface area contributed by atoms with E-state index in [0.717, 1.165) is 18.5 Å². The van der Waals surface area contributed by atoms with Crippen molar-refractivity contribution in [2.45, 2.75) is 28.9 Å². The van der Waals surface area contributed by atoms with Crippen LogP contribution in [0, 0.1) is 5.92 Å². The minimum atomic E-state index is -0.304. The number of amides is 2. The second kappa shape index (κ2) is 9.01. The normalized spacial score (nSPS) is 21.2. The van der Waals surface area contributed by atoms with Gasteiger partial charge in [-0.3, -0.25) is 9.59 Å². The molecule has 2 fully saturated rings. The fourth-order valence-electron chi connectivity index (χ4n) is 3.93. The second-order valence-corrected chi connectivity index (χ2v) is 9.21. The van der Waals surface area contributed by atoms with E-state index in [1.165, 1.54) is 4.90 Å². The van der Waals surface area contributed by atoms with Crippen molar-refractivity contribution in [1.82, 2.24) is 5.32 Å². The van der Waals surface area contributed by atoms with Crippen molar-refractivity contribution in [3.05, 3.63) is 60.7 Å². The number of hydrogen-bond acceptors (Lipinski definition) is 4. The van der Waals surface area contributed by atoms with Gasteiger partial charge >= 0.3 is 0 Å². The molecule has 0 aromatic heterocycles. The van der Waals surface area contributed by atoms with E-state index in [0.29, 0.717) is 26.3 Å². The number of ether oxygens (including phenoxy) is 1. The fraction of sp³-hybridized carbons (Fsp3) is 0.391. The number of hydrogen-bond donors (Lipinski definition) is 1. The number of rotatable bonds is 6. The molecule has 152 valence electrons. The Bertz CT molecular complexity index is 838. The molecule has 1 unspecified atom stereocenters. The average Bonchev–Trinajstić information content (AvgIpc) is 3.16. The number of anilines is 1. The molecule has 2 heterocycles. The Hall–Kier alpha value is -2.31. The van der Waals surface area contributed by atoms with E-state index in [9.17, 15) is 9.59 Å². The molecule has 2 amide bonds. The highest BCUT2D eigenvalue weighted by molar-refractivity contribution is 8.00. The van der Waals surface area contributed by atoms with Crippen LogP contribution in [0.1, 0.15) is 19.3 Å². The van der Waals surface area contributed by atoms with Crippen LogP contribution in [0.2, 0.25) is 0 Å². The minimum absolute atomic E-state index is 0.00999. The lowest BCUT2D eigenvalue weighted by atomic mass is 9.98. The first kappa shape index (κ1) is 20.0. The summed E-state index contributed by atoms with van der Waals surface area (Å²) in [6, 6.07) is 19.9. The third kappa shape index (κ3) is 4.82. The molecule has 1 N–H and O–H groups in total. The molecule has 0 aliphatic carbocycles. The van der Waals surface area contributed by atoms with E-state index in [-0.39, 0.29) is 28.9 Å². The first-order chi connectivity index (χ1) is 14.2. The highest BCUT2D eigenvalue weighted by Gasteiger charge is 2.38. The zero-order valence-corrected chi connectivity index (χ0v) is 17.2. The summed E-state index contributed by atoms with van der Waals surface area (Å²) in [4.78, 5) is 28.2. The summed E-state index contributed by atoms with van der Waals surface area (Å²) in [6.45, 7) is 2.44. The summed E-state index contributed by atoms with van der Waals surface area (Å²) >= 11 is 1.82. The Balaban J connectivity index is 1.39. The summed E-state index contributed by atoms with van der Waals surface area (Å²) in [5.74, 6) is -0.326. The predicted octanol–water partition coefficient (Wildman–Crippen LogP) is 3.50. The Kier molecular flexibility index (Phi) is 6.21. The number of carbonyl (C=O) groups excluding carboxylic acids is 2. The number of thioether (sulfide) groups is 1. The van der Waals surface area contributed by atoms with Gasteiger partial charge in [-0.1, -0.05) is 36.4 Å². The van der Waals surface area contributed by atoms with E-state index >= 15 is 0 Å². The van der Waals surface area contributed by atoms with Gasteiger partial charge in [0.25, 0.3) is 0 Å². The standard InChI is InChI=1S/C23H26N2O3S/c26-21-15-18(16-25(21)19-7-3-1-4-8-19)22(27)24-17-23(11-13-28-14-12-23)29-20-9-5-2-6-10-20/h1-10,18H,11-17H2,(H,24,27). The zero-order chi connectivity index (χ0) is 20.1. The summed E-state index contributed by atoms with van der Waals surface area (Å²) in [6.07, 6.45) is 2.06. The molecule has 2 aromatic rings. The molecule has 4 rings (SSSR count). The van der Waals surface area contributed by atoms with Gasteiger partial charge in [0.05, 0.1) is 5.92 Å². The molecular formula is C23H26N2O3S. The summed E-state index contributed by atoms with van der Waals surface area (Å²) < 4.78 is 5.50. The maximum Gasteiger partial charge on any atom is 0.227 e. The van der Waals surface area contributed by atoms with Crippen LogP contribution in [0.3, 0.4) is 0 Å². The van der Waals surface area contributed by atoms with Crippen LogP contribution in [-0.2, 0) is 14.3 Å². The van der Waals surface area contributed by atoms with Gasteiger partial charge in [-0.05, 0) is 37.1 Å². The number of nitrogens with zero attached hydrogens (tertiary/aromatic N) is 1. The quantitative estimate of drug-likeness (QED) is 0.792. The van der Waals surface area contributed by atoms with Gasteiger partial charge in [0, 0.05) is 48.1 Å². The van der Waals surface area contributed by atoms with Crippen molar-refractivity contribution in [3.8, 4) is 0 Å². The predicted molar refractivity (Wildman–Crippen MR) is 115 cm³/mol. The van der Waals surface area contributed by atoms with E-state index in [1.807, 2.05) is 60.3 Å². The van der Waals surface area contributed by atoms with E-state index in [2.05, 4.69) is 17.4 Å². The third-order valence-corrected chi connectivity index (χ3v) is 7.12. The van der Waals surface area contributed by atoms with E-state index in [1.54, 1.807) is 4.90 Å². The first-order valence-corrected chi connectivity index (χ1v) is 10.9. The summed E-state index contributed by atoms with van der Waals surface area (Å²) in [7, 11) is 0. The van der Waals surface area contributed by atoms with Crippen LogP contribution in [0.5, 0.6) is 0 Å². The monoisotopic (exact) mass is 410 g/mol. The van der Waals surface area contributed by atoms with Crippen molar-refractivity contribution in [2.24, 2.45) is 5.92 Å². The minimum Gasteiger partial charge on any atom is -0.381 e. The zero-order valence-electron chi connectivity index (χ0n) is 16.4. The van der Waals surface area contributed by atoms with Gasteiger partial charge in [-0.25, -0.2) is 0 Å². The second-order valence-electron chi connectivity index (χ2n) is 7.67. The summed E-state index contributed by atoms with van der Waals surface area (Å²) in [5.41, 5.74) is 0.855. The van der Waals surface area contributed by atoms with Crippen molar-refractivity contribution >= 4 is 29.3 Å². The maximum atomic E-state index is 12.9. The smallest absolute Gasteiger partial charge is 0.227 e. The van der Waals surface area contributed by atoms with E-state index < -0.39 is 0 Å². The number of benzene rings is 2. The topological polar surface area (TPSA) is 58.6 Å². The molecule has 5 nitrogen and oxygen atoms in total. The highest BCUT2D eigenvalue weighted by Crippen LogP contribution is 2.40. The average molecular weight is 411 g/mol. The Labute approximate surface area is 175 Å². The largest absolute Gasteiger partial charge is 0.381 e. The lowest BCUT2D eigenvalue weighted by molar-refractivity contribution is -0.126. The molecule has 2 aliphatic rings. The summed E-state index contributed by atoms with van der Waals surface area (Å²) in [5, 5.41) is 3.15. The Morgan fingerprint density at radius 3 is 2.41 bits per heavy atom. The molecule has 2 aromatic carbocycles.